The number of carbonyl (C=O) groups is 1. The maximum Gasteiger partial charge on any atom is 0.331 e. The monoisotopic (exact) mass is 244 g/mol. The number of benzene rings is 1. The Balaban J connectivity index is 3.20. The second-order valence-corrected chi connectivity index (χ2v) is 3.77. The molecule has 0 saturated heterocycles. The topological polar surface area (TPSA) is 35.5 Å². The van der Waals surface area contributed by atoms with Crippen molar-refractivity contribution >= 4 is 6.29 Å². The minimum absolute atomic E-state index is 0.0433. The van der Waals surface area contributed by atoms with Gasteiger partial charge in [0.1, 0.15) is 11.5 Å². The summed E-state index contributed by atoms with van der Waals surface area (Å²) in [6, 6.07) is 3.99. The van der Waals surface area contributed by atoms with Crippen molar-refractivity contribution in [1.29, 1.82) is 0 Å². The zero-order valence-electron chi connectivity index (χ0n) is 9.87. The van der Waals surface area contributed by atoms with Crippen molar-refractivity contribution in [3.05, 3.63) is 23.8 Å². The van der Waals surface area contributed by atoms with E-state index < -0.39 is 17.8 Å². The average molecular weight is 244 g/mol. The summed E-state index contributed by atoms with van der Waals surface area (Å²) in [7, 11) is 1.27. The SMILES string of the molecule is COc1ccc(OC(C)C)cc1C(F)(F)C=O. The standard InChI is InChI=1S/C12H14F2O3/c1-8(2)17-9-4-5-11(16-3)10(6-9)12(13,14)7-15/h4-8H,1-3H3. The summed E-state index contributed by atoms with van der Waals surface area (Å²) in [5.74, 6) is -3.35. The van der Waals surface area contributed by atoms with Crippen molar-refractivity contribution in [3.63, 3.8) is 0 Å². The van der Waals surface area contributed by atoms with Gasteiger partial charge >= 0.3 is 5.92 Å². The molecule has 0 heterocycles. The summed E-state index contributed by atoms with van der Waals surface area (Å²) in [6.45, 7) is 3.56. The Kier molecular flexibility index (Phi) is 4.04. The molecular formula is C12H14F2O3. The first-order valence-corrected chi connectivity index (χ1v) is 5.10. The zero-order valence-corrected chi connectivity index (χ0v) is 9.87. The predicted molar refractivity (Wildman–Crippen MR) is 58.7 cm³/mol. The van der Waals surface area contributed by atoms with Crippen LogP contribution in [0.2, 0.25) is 0 Å². The van der Waals surface area contributed by atoms with Gasteiger partial charge < -0.3 is 9.47 Å². The molecule has 0 aliphatic carbocycles. The van der Waals surface area contributed by atoms with Crippen LogP contribution in [-0.2, 0) is 10.7 Å². The first-order valence-electron chi connectivity index (χ1n) is 5.10. The molecule has 3 nitrogen and oxygen atoms in total. The van der Waals surface area contributed by atoms with E-state index in [1.807, 2.05) is 0 Å². The van der Waals surface area contributed by atoms with Crippen LogP contribution >= 0.6 is 0 Å². The van der Waals surface area contributed by atoms with Crippen LogP contribution in [0.1, 0.15) is 19.4 Å². The fourth-order valence-corrected chi connectivity index (χ4v) is 1.36. The Bertz CT molecular complexity index is 403. The molecule has 94 valence electrons. The van der Waals surface area contributed by atoms with Crippen LogP contribution < -0.4 is 9.47 Å². The normalized spacial score (nSPS) is 11.4. The van der Waals surface area contributed by atoms with Gasteiger partial charge in [0.15, 0.2) is 6.29 Å². The third-order valence-electron chi connectivity index (χ3n) is 2.05. The molecule has 5 heteroatoms. The maximum absolute atomic E-state index is 13.3. The molecule has 0 radical (unpaired) electrons. The van der Waals surface area contributed by atoms with Crippen molar-refractivity contribution in [2.75, 3.05) is 7.11 Å². The summed E-state index contributed by atoms with van der Waals surface area (Å²) in [4.78, 5) is 10.4. The molecule has 1 aromatic carbocycles. The molecule has 0 fully saturated rings. The minimum atomic E-state index is -3.58. The molecule has 0 aliphatic heterocycles. The fourth-order valence-electron chi connectivity index (χ4n) is 1.36. The largest absolute Gasteiger partial charge is 0.496 e. The smallest absolute Gasteiger partial charge is 0.331 e. The van der Waals surface area contributed by atoms with Crippen LogP contribution in [0.4, 0.5) is 8.78 Å². The Labute approximate surface area is 98.3 Å². The molecule has 0 amide bonds. The first kappa shape index (κ1) is 13.4. The van der Waals surface area contributed by atoms with Gasteiger partial charge in [-0.05, 0) is 32.0 Å². The van der Waals surface area contributed by atoms with Gasteiger partial charge in [-0.2, -0.15) is 8.78 Å². The highest BCUT2D eigenvalue weighted by Crippen LogP contribution is 2.36. The van der Waals surface area contributed by atoms with Gasteiger partial charge in [-0.25, -0.2) is 0 Å². The van der Waals surface area contributed by atoms with E-state index in [0.717, 1.165) is 6.07 Å². The lowest BCUT2D eigenvalue weighted by Gasteiger charge is -2.16. The first-order chi connectivity index (χ1) is 7.90. The number of aldehydes is 1. The van der Waals surface area contributed by atoms with Crippen LogP contribution in [0, 0.1) is 0 Å². The van der Waals surface area contributed by atoms with Crippen molar-refractivity contribution in [2.24, 2.45) is 0 Å². The number of hydrogen-bond acceptors (Lipinski definition) is 3. The molecule has 1 rings (SSSR count). The van der Waals surface area contributed by atoms with Crippen molar-refractivity contribution in [2.45, 2.75) is 25.9 Å². The van der Waals surface area contributed by atoms with Crippen LogP contribution in [0.25, 0.3) is 0 Å². The van der Waals surface area contributed by atoms with Crippen LogP contribution in [0.3, 0.4) is 0 Å². The Morgan fingerprint density at radius 1 is 1.35 bits per heavy atom. The van der Waals surface area contributed by atoms with Gasteiger partial charge in [-0.1, -0.05) is 0 Å². The zero-order chi connectivity index (χ0) is 13.1. The van der Waals surface area contributed by atoms with Crippen molar-refractivity contribution < 1.29 is 23.0 Å². The summed E-state index contributed by atoms with van der Waals surface area (Å²) >= 11 is 0. The summed E-state index contributed by atoms with van der Waals surface area (Å²) in [5, 5.41) is 0. The lowest BCUT2D eigenvalue weighted by Crippen LogP contribution is -2.16. The third kappa shape index (κ3) is 3.15. The molecule has 0 unspecified atom stereocenters. The summed E-state index contributed by atoms with van der Waals surface area (Å²) in [5.41, 5.74) is -0.492. The molecule has 0 bridgehead atoms. The lowest BCUT2D eigenvalue weighted by atomic mass is 10.1. The molecule has 0 aromatic heterocycles. The van der Waals surface area contributed by atoms with Crippen molar-refractivity contribution in [1.82, 2.24) is 0 Å². The van der Waals surface area contributed by atoms with E-state index >= 15 is 0 Å². The van der Waals surface area contributed by atoms with Crippen LogP contribution in [0.5, 0.6) is 11.5 Å². The van der Waals surface area contributed by atoms with E-state index in [0.29, 0.717) is 0 Å². The molecule has 0 N–H and O–H groups in total. The van der Waals surface area contributed by atoms with E-state index in [1.165, 1.54) is 19.2 Å². The second kappa shape index (κ2) is 5.12. The molecule has 17 heavy (non-hydrogen) atoms. The molecule has 0 aliphatic rings. The molecular weight excluding hydrogens is 230 g/mol. The average Bonchev–Trinajstić information content (AvgIpc) is 2.28. The molecule has 1 aromatic rings. The number of alkyl halides is 2. The predicted octanol–water partition coefficient (Wildman–Crippen LogP) is 2.77. The number of hydrogen-bond donors (Lipinski definition) is 0. The number of halogens is 2. The van der Waals surface area contributed by atoms with Gasteiger partial charge in [-0.3, -0.25) is 4.79 Å². The van der Waals surface area contributed by atoms with E-state index in [9.17, 15) is 13.6 Å². The second-order valence-electron chi connectivity index (χ2n) is 3.77. The maximum atomic E-state index is 13.3. The van der Waals surface area contributed by atoms with Crippen molar-refractivity contribution in [3.8, 4) is 11.5 Å². The van der Waals surface area contributed by atoms with Gasteiger partial charge in [0.25, 0.3) is 0 Å². The lowest BCUT2D eigenvalue weighted by molar-refractivity contribution is -0.130. The Morgan fingerprint density at radius 2 is 2.00 bits per heavy atom. The van der Waals surface area contributed by atoms with Gasteiger partial charge in [0.2, 0.25) is 0 Å². The van der Waals surface area contributed by atoms with Gasteiger partial charge in [0.05, 0.1) is 18.8 Å². The van der Waals surface area contributed by atoms with Gasteiger partial charge in [0, 0.05) is 0 Å². The highest BCUT2D eigenvalue weighted by atomic mass is 19.3. The highest BCUT2D eigenvalue weighted by Gasteiger charge is 2.34. The van der Waals surface area contributed by atoms with E-state index in [-0.39, 0.29) is 17.6 Å². The molecule has 0 atom stereocenters. The van der Waals surface area contributed by atoms with Gasteiger partial charge in [-0.15, -0.1) is 0 Å². The third-order valence-corrected chi connectivity index (χ3v) is 2.05. The Hall–Kier alpha value is -1.65. The number of methoxy groups -OCH3 is 1. The number of carbonyl (C=O) groups excluding carboxylic acids is 1. The van der Waals surface area contributed by atoms with E-state index in [4.69, 9.17) is 9.47 Å². The summed E-state index contributed by atoms with van der Waals surface area (Å²) < 4.78 is 36.8. The highest BCUT2D eigenvalue weighted by molar-refractivity contribution is 5.66. The van der Waals surface area contributed by atoms with E-state index in [1.54, 1.807) is 13.8 Å². The fraction of sp³-hybridized carbons (Fsp3) is 0.417. The molecule has 0 saturated carbocycles. The molecule has 0 spiro atoms. The number of ether oxygens (including phenoxy) is 2. The summed E-state index contributed by atoms with van der Waals surface area (Å²) in [6.07, 6.45) is -0.551. The van der Waals surface area contributed by atoms with Crippen LogP contribution in [-0.4, -0.2) is 19.5 Å². The van der Waals surface area contributed by atoms with Crippen LogP contribution in [0.15, 0.2) is 18.2 Å². The number of rotatable bonds is 5. The van der Waals surface area contributed by atoms with E-state index in [2.05, 4.69) is 0 Å². The Morgan fingerprint density at radius 3 is 2.47 bits per heavy atom. The quantitative estimate of drug-likeness (QED) is 0.747. The minimum Gasteiger partial charge on any atom is -0.496 e.